The minimum atomic E-state index is -0.0658. The third-order valence-electron chi connectivity index (χ3n) is 3.97. The maximum Gasteiger partial charge on any atom is 0.272 e. The van der Waals surface area contributed by atoms with Crippen molar-refractivity contribution in [3.63, 3.8) is 0 Å². The number of halogens is 1. The third-order valence-corrected chi connectivity index (χ3v) is 4.19. The number of pyridine rings is 1. The molecule has 1 amide bonds. The lowest BCUT2D eigenvalue weighted by molar-refractivity contribution is 0.0475. The van der Waals surface area contributed by atoms with Crippen molar-refractivity contribution in [2.45, 2.75) is 13.0 Å². The smallest absolute Gasteiger partial charge is 0.272 e. The summed E-state index contributed by atoms with van der Waals surface area (Å²) >= 11 is 5.82. The molecule has 0 aliphatic carbocycles. The van der Waals surface area contributed by atoms with E-state index < -0.39 is 0 Å². The van der Waals surface area contributed by atoms with Crippen molar-refractivity contribution in [1.82, 2.24) is 24.8 Å². The lowest BCUT2D eigenvalue weighted by Gasteiger charge is -2.39. The van der Waals surface area contributed by atoms with E-state index in [-0.39, 0.29) is 11.9 Å². The van der Waals surface area contributed by atoms with Crippen LogP contribution in [0.15, 0.2) is 30.7 Å². The molecule has 1 N–H and O–H groups in total. The SMILES string of the molecule is CCN1CCN(C(=O)c2ccc(Cl)cn2)CC1c1ncc[nH]1. The first-order valence-electron chi connectivity index (χ1n) is 7.33. The van der Waals surface area contributed by atoms with Crippen LogP contribution in [0.5, 0.6) is 0 Å². The molecule has 1 atom stereocenters. The van der Waals surface area contributed by atoms with Gasteiger partial charge in [-0.2, -0.15) is 0 Å². The average Bonchev–Trinajstić information content (AvgIpc) is 3.08. The molecule has 116 valence electrons. The van der Waals surface area contributed by atoms with E-state index in [1.54, 1.807) is 18.3 Å². The molecule has 0 spiro atoms. The van der Waals surface area contributed by atoms with Crippen molar-refractivity contribution in [1.29, 1.82) is 0 Å². The van der Waals surface area contributed by atoms with Gasteiger partial charge in [0, 0.05) is 38.2 Å². The molecular formula is C15H18ClN5O. The van der Waals surface area contributed by atoms with Crippen LogP contribution in [0.1, 0.15) is 29.3 Å². The van der Waals surface area contributed by atoms with E-state index in [1.165, 1.54) is 6.20 Å². The first kappa shape index (κ1) is 15.0. The predicted octanol–water partition coefficient (Wildman–Crippen LogP) is 1.98. The largest absolute Gasteiger partial charge is 0.347 e. The van der Waals surface area contributed by atoms with Crippen LogP contribution < -0.4 is 0 Å². The normalized spacial score (nSPS) is 19.4. The Hall–Kier alpha value is -1.92. The Bertz CT molecular complexity index is 628. The van der Waals surface area contributed by atoms with E-state index in [0.29, 0.717) is 23.8 Å². The highest BCUT2D eigenvalue weighted by atomic mass is 35.5. The number of likely N-dealkylation sites (N-methyl/N-ethyl adjacent to an activating group) is 1. The molecule has 2 aromatic rings. The van der Waals surface area contributed by atoms with E-state index in [0.717, 1.165) is 18.9 Å². The number of aromatic nitrogens is 3. The molecule has 0 aromatic carbocycles. The molecule has 1 aliphatic heterocycles. The van der Waals surface area contributed by atoms with Gasteiger partial charge >= 0.3 is 0 Å². The van der Waals surface area contributed by atoms with Crippen molar-refractivity contribution in [2.75, 3.05) is 26.2 Å². The average molecular weight is 320 g/mol. The van der Waals surface area contributed by atoms with E-state index in [4.69, 9.17) is 11.6 Å². The van der Waals surface area contributed by atoms with Crippen LogP contribution in [0.3, 0.4) is 0 Å². The van der Waals surface area contributed by atoms with Crippen LogP contribution in [-0.2, 0) is 0 Å². The highest BCUT2D eigenvalue weighted by molar-refractivity contribution is 6.30. The Balaban J connectivity index is 1.78. The fourth-order valence-corrected chi connectivity index (χ4v) is 2.88. The van der Waals surface area contributed by atoms with Crippen molar-refractivity contribution >= 4 is 17.5 Å². The van der Waals surface area contributed by atoms with Crippen LogP contribution in [-0.4, -0.2) is 56.8 Å². The van der Waals surface area contributed by atoms with Gasteiger partial charge in [0.2, 0.25) is 0 Å². The summed E-state index contributed by atoms with van der Waals surface area (Å²) in [7, 11) is 0. The highest BCUT2D eigenvalue weighted by Crippen LogP contribution is 2.23. The molecule has 1 unspecified atom stereocenters. The second-order valence-electron chi connectivity index (χ2n) is 5.23. The number of hydrogen-bond acceptors (Lipinski definition) is 4. The van der Waals surface area contributed by atoms with Crippen molar-refractivity contribution in [3.05, 3.63) is 47.3 Å². The molecule has 2 aromatic heterocycles. The number of imidazole rings is 1. The summed E-state index contributed by atoms with van der Waals surface area (Å²) < 4.78 is 0. The number of hydrogen-bond donors (Lipinski definition) is 1. The molecule has 1 fully saturated rings. The fourth-order valence-electron chi connectivity index (χ4n) is 2.77. The molecule has 1 aliphatic rings. The molecule has 0 radical (unpaired) electrons. The molecule has 22 heavy (non-hydrogen) atoms. The van der Waals surface area contributed by atoms with Gasteiger partial charge in [-0.05, 0) is 18.7 Å². The molecule has 0 saturated carbocycles. The summed E-state index contributed by atoms with van der Waals surface area (Å²) in [5, 5.41) is 0.529. The summed E-state index contributed by atoms with van der Waals surface area (Å²) in [6.45, 7) is 5.15. The highest BCUT2D eigenvalue weighted by Gasteiger charge is 2.31. The van der Waals surface area contributed by atoms with Gasteiger partial charge in [0.05, 0.1) is 11.1 Å². The Morgan fingerprint density at radius 2 is 2.27 bits per heavy atom. The number of carbonyl (C=O) groups excluding carboxylic acids is 1. The minimum absolute atomic E-state index is 0.0658. The topological polar surface area (TPSA) is 65.1 Å². The van der Waals surface area contributed by atoms with Gasteiger partial charge < -0.3 is 9.88 Å². The quantitative estimate of drug-likeness (QED) is 0.939. The number of rotatable bonds is 3. The summed E-state index contributed by atoms with van der Waals surface area (Å²) in [5.41, 5.74) is 0.424. The lowest BCUT2D eigenvalue weighted by atomic mass is 10.1. The number of nitrogens with zero attached hydrogens (tertiary/aromatic N) is 4. The Morgan fingerprint density at radius 3 is 2.91 bits per heavy atom. The summed E-state index contributed by atoms with van der Waals surface area (Å²) in [5.74, 6) is 0.826. The van der Waals surface area contributed by atoms with Crippen LogP contribution in [0.2, 0.25) is 5.02 Å². The zero-order chi connectivity index (χ0) is 15.5. The molecule has 6 nitrogen and oxygen atoms in total. The van der Waals surface area contributed by atoms with Gasteiger partial charge in [-0.3, -0.25) is 9.69 Å². The van der Waals surface area contributed by atoms with E-state index in [9.17, 15) is 4.79 Å². The van der Waals surface area contributed by atoms with Crippen LogP contribution in [0.25, 0.3) is 0 Å². The van der Waals surface area contributed by atoms with Crippen LogP contribution in [0.4, 0.5) is 0 Å². The second kappa shape index (κ2) is 6.46. The van der Waals surface area contributed by atoms with E-state index in [1.807, 2.05) is 11.1 Å². The number of H-pyrrole nitrogens is 1. The third kappa shape index (κ3) is 2.98. The molecule has 0 bridgehead atoms. The monoisotopic (exact) mass is 319 g/mol. The Labute approximate surface area is 134 Å². The number of carbonyl (C=O) groups is 1. The molecular weight excluding hydrogens is 302 g/mol. The summed E-state index contributed by atoms with van der Waals surface area (Å²) in [6.07, 6.45) is 5.05. The number of piperazine rings is 1. The van der Waals surface area contributed by atoms with Gasteiger partial charge in [-0.15, -0.1) is 0 Å². The molecule has 7 heteroatoms. The van der Waals surface area contributed by atoms with E-state index in [2.05, 4.69) is 26.8 Å². The van der Waals surface area contributed by atoms with Gasteiger partial charge in [0.15, 0.2) is 0 Å². The van der Waals surface area contributed by atoms with Gasteiger partial charge in [0.1, 0.15) is 11.5 Å². The van der Waals surface area contributed by atoms with Gasteiger partial charge in [-0.1, -0.05) is 18.5 Å². The van der Waals surface area contributed by atoms with Crippen molar-refractivity contribution in [3.8, 4) is 0 Å². The maximum absolute atomic E-state index is 12.6. The first-order valence-corrected chi connectivity index (χ1v) is 7.71. The maximum atomic E-state index is 12.6. The summed E-state index contributed by atoms with van der Waals surface area (Å²) in [6, 6.07) is 3.44. The standard InChI is InChI=1S/C15H18ClN5O/c1-2-20-7-8-21(10-13(20)14-17-5-6-18-14)15(22)12-4-3-11(16)9-19-12/h3-6,9,13H,2,7-8,10H2,1H3,(H,17,18). The lowest BCUT2D eigenvalue weighted by Crippen LogP contribution is -2.50. The minimum Gasteiger partial charge on any atom is -0.347 e. The number of amides is 1. The number of nitrogens with one attached hydrogen (secondary N) is 1. The predicted molar refractivity (Wildman–Crippen MR) is 83.7 cm³/mol. The Morgan fingerprint density at radius 1 is 1.41 bits per heavy atom. The van der Waals surface area contributed by atoms with Crippen molar-refractivity contribution < 1.29 is 4.79 Å². The van der Waals surface area contributed by atoms with E-state index >= 15 is 0 Å². The van der Waals surface area contributed by atoms with Crippen molar-refractivity contribution in [2.24, 2.45) is 0 Å². The second-order valence-corrected chi connectivity index (χ2v) is 5.67. The fraction of sp³-hybridized carbons (Fsp3) is 0.400. The Kier molecular flexibility index (Phi) is 4.40. The molecule has 1 saturated heterocycles. The van der Waals surface area contributed by atoms with Crippen LogP contribution in [0, 0.1) is 0 Å². The number of aromatic amines is 1. The van der Waals surface area contributed by atoms with Gasteiger partial charge in [-0.25, -0.2) is 9.97 Å². The van der Waals surface area contributed by atoms with Crippen LogP contribution >= 0.6 is 11.6 Å². The molecule has 3 heterocycles. The first-order chi connectivity index (χ1) is 10.7. The zero-order valence-corrected chi connectivity index (χ0v) is 13.1. The zero-order valence-electron chi connectivity index (χ0n) is 12.4. The molecule has 3 rings (SSSR count). The summed E-state index contributed by atoms with van der Waals surface area (Å²) in [4.78, 5) is 28.4. The van der Waals surface area contributed by atoms with Gasteiger partial charge in [0.25, 0.3) is 5.91 Å².